The number of nitrogens with zero attached hydrogens (tertiary/aromatic N) is 1. The second-order valence-corrected chi connectivity index (χ2v) is 7.48. The lowest BCUT2D eigenvalue weighted by Gasteiger charge is -2.26. The summed E-state index contributed by atoms with van der Waals surface area (Å²) in [5.41, 5.74) is 0.306. The molecule has 2 unspecified atom stereocenters. The second kappa shape index (κ2) is 7.04. The monoisotopic (exact) mass is 404 g/mol. The van der Waals surface area contributed by atoms with E-state index in [-0.39, 0.29) is 23.5 Å². The molecule has 1 N–H and O–H groups in total. The predicted molar refractivity (Wildman–Crippen MR) is 98.3 cm³/mol. The number of nitrogens with one attached hydrogen (secondary N) is 1. The number of carbonyl (C=O) groups excluding carboxylic acids is 2. The lowest BCUT2D eigenvalue weighted by Crippen LogP contribution is -2.52. The minimum Gasteiger partial charge on any atom is -0.444 e. The van der Waals surface area contributed by atoms with Crippen LogP contribution in [0.2, 0.25) is 0 Å². The van der Waals surface area contributed by atoms with Gasteiger partial charge < -0.3 is 14.6 Å². The molecule has 0 spiro atoms. The Kier molecular flexibility index (Phi) is 4.99. The number of furan rings is 1. The normalized spacial score (nSPS) is 21.4. The average Bonchev–Trinajstić information content (AvgIpc) is 3.15. The van der Waals surface area contributed by atoms with E-state index in [4.69, 9.17) is 4.42 Å². The molecule has 1 aliphatic heterocycles. The summed E-state index contributed by atoms with van der Waals surface area (Å²) in [6, 6.07) is 13.4. The summed E-state index contributed by atoms with van der Waals surface area (Å²) in [5, 5.41) is 2.83. The van der Waals surface area contributed by atoms with Gasteiger partial charge in [0.1, 0.15) is 5.54 Å². The first-order chi connectivity index (χ1) is 11.9. The molecule has 3 rings (SSSR count). The van der Waals surface area contributed by atoms with E-state index in [1.165, 1.54) is 5.56 Å². The zero-order valence-electron chi connectivity index (χ0n) is 14.3. The third-order valence-electron chi connectivity index (χ3n) is 4.69. The van der Waals surface area contributed by atoms with E-state index in [0.717, 1.165) is 0 Å². The number of rotatable bonds is 5. The fourth-order valence-electron chi connectivity index (χ4n) is 3.17. The number of benzene rings is 1. The van der Waals surface area contributed by atoms with Gasteiger partial charge in [0.15, 0.2) is 10.4 Å². The minimum atomic E-state index is -0.896. The van der Waals surface area contributed by atoms with Crippen LogP contribution in [0.1, 0.15) is 42.3 Å². The maximum absolute atomic E-state index is 12.8. The highest BCUT2D eigenvalue weighted by Crippen LogP contribution is 2.26. The molecule has 0 bridgehead atoms. The first kappa shape index (κ1) is 17.7. The molecule has 1 fully saturated rings. The van der Waals surface area contributed by atoms with Crippen molar-refractivity contribution in [2.75, 3.05) is 13.1 Å². The van der Waals surface area contributed by atoms with E-state index in [2.05, 4.69) is 40.3 Å². The van der Waals surface area contributed by atoms with Crippen LogP contribution in [0.15, 0.2) is 51.6 Å². The summed E-state index contributed by atoms with van der Waals surface area (Å²) in [4.78, 5) is 27.0. The molecule has 1 aliphatic rings. The molecule has 2 atom stereocenters. The largest absolute Gasteiger partial charge is 0.444 e. The Balaban J connectivity index is 1.65. The highest BCUT2D eigenvalue weighted by molar-refractivity contribution is 9.10. The van der Waals surface area contributed by atoms with Crippen molar-refractivity contribution in [2.24, 2.45) is 0 Å². The Morgan fingerprint density at radius 3 is 2.68 bits per heavy atom. The van der Waals surface area contributed by atoms with Crippen LogP contribution in [-0.2, 0) is 4.79 Å². The van der Waals surface area contributed by atoms with Crippen molar-refractivity contribution < 1.29 is 14.0 Å². The van der Waals surface area contributed by atoms with Crippen molar-refractivity contribution in [3.05, 3.63) is 58.5 Å². The molecule has 1 aromatic heterocycles. The number of carbonyl (C=O) groups is 2. The van der Waals surface area contributed by atoms with Gasteiger partial charge in [-0.05, 0) is 52.9 Å². The highest BCUT2D eigenvalue weighted by atomic mass is 79.9. The fourth-order valence-corrected chi connectivity index (χ4v) is 3.48. The van der Waals surface area contributed by atoms with Gasteiger partial charge in [-0.25, -0.2) is 0 Å². The number of halogens is 1. The fraction of sp³-hybridized carbons (Fsp3) is 0.368. The van der Waals surface area contributed by atoms with Crippen LogP contribution in [0.5, 0.6) is 0 Å². The first-order valence-corrected chi connectivity index (χ1v) is 9.10. The molecule has 2 amide bonds. The number of amides is 2. The summed E-state index contributed by atoms with van der Waals surface area (Å²) in [5.74, 6) is 0.00925. The van der Waals surface area contributed by atoms with Gasteiger partial charge in [-0.2, -0.15) is 0 Å². The SMILES string of the molecule is CC(CN1CCC(C)(NC(=O)c2ccc(Br)o2)C1=O)c1ccccc1. The van der Waals surface area contributed by atoms with Crippen LogP contribution in [0.25, 0.3) is 0 Å². The summed E-state index contributed by atoms with van der Waals surface area (Å²) in [6.07, 6.45) is 0.584. The van der Waals surface area contributed by atoms with Crippen LogP contribution < -0.4 is 5.32 Å². The van der Waals surface area contributed by atoms with E-state index in [9.17, 15) is 9.59 Å². The van der Waals surface area contributed by atoms with Crippen molar-refractivity contribution in [1.82, 2.24) is 10.2 Å². The highest BCUT2D eigenvalue weighted by Gasteiger charge is 2.44. The van der Waals surface area contributed by atoms with Crippen LogP contribution in [0, 0.1) is 0 Å². The Labute approximate surface area is 155 Å². The molecule has 0 radical (unpaired) electrons. The molecule has 2 heterocycles. The Morgan fingerprint density at radius 1 is 1.32 bits per heavy atom. The zero-order chi connectivity index (χ0) is 18.0. The summed E-state index contributed by atoms with van der Waals surface area (Å²) in [7, 11) is 0. The van der Waals surface area contributed by atoms with Crippen LogP contribution in [0.3, 0.4) is 0 Å². The van der Waals surface area contributed by atoms with Crippen molar-refractivity contribution in [3.8, 4) is 0 Å². The van der Waals surface area contributed by atoms with Crippen molar-refractivity contribution in [3.63, 3.8) is 0 Å². The van der Waals surface area contributed by atoms with E-state index in [1.54, 1.807) is 19.1 Å². The molecule has 5 nitrogen and oxygen atoms in total. The van der Waals surface area contributed by atoms with Gasteiger partial charge >= 0.3 is 0 Å². The van der Waals surface area contributed by atoms with Crippen molar-refractivity contribution in [1.29, 1.82) is 0 Å². The third kappa shape index (κ3) is 3.79. The summed E-state index contributed by atoms with van der Waals surface area (Å²) < 4.78 is 5.75. The van der Waals surface area contributed by atoms with E-state index in [0.29, 0.717) is 24.2 Å². The zero-order valence-corrected chi connectivity index (χ0v) is 15.9. The molecule has 2 aromatic rings. The molecule has 0 aliphatic carbocycles. The topological polar surface area (TPSA) is 62.6 Å². The quantitative estimate of drug-likeness (QED) is 0.828. The maximum Gasteiger partial charge on any atom is 0.287 e. The molecule has 1 saturated heterocycles. The van der Waals surface area contributed by atoms with Gasteiger partial charge in [-0.1, -0.05) is 37.3 Å². The van der Waals surface area contributed by atoms with Crippen molar-refractivity contribution in [2.45, 2.75) is 31.7 Å². The molecule has 0 saturated carbocycles. The lowest BCUT2D eigenvalue weighted by atomic mass is 9.99. The summed E-state index contributed by atoms with van der Waals surface area (Å²) >= 11 is 3.18. The second-order valence-electron chi connectivity index (χ2n) is 6.70. The number of hydrogen-bond donors (Lipinski definition) is 1. The van der Waals surface area contributed by atoms with E-state index >= 15 is 0 Å². The third-order valence-corrected chi connectivity index (χ3v) is 5.12. The van der Waals surface area contributed by atoms with Gasteiger partial charge in [0.2, 0.25) is 5.91 Å². The minimum absolute atomic E-state index is 0.0470. The van der Waals surface area contributed by atoms with Gasteiger partial charge in [0, 0.05) is 13.1 Å². The van der Waals surface area contributed by atoms with Gasteiger partial charge in [0.25, 0.3) is 5.91 Å². The standard InChI is InChI=1S/C19H21BrN2O3/c1-13(14-6-4-3-5-7-14)12-22-11-10-19(2,18(22)24)21-17(23)15-8-9-16(20)25-15/h3-9,13H,10-12H2,1-2H3,(H,21,23). The molecular weight excluding hydrogens is 384 g/mol. The Morgan fingerprint density at radius 2 is 2.04 bits per heavy atom. The van der Waals surface area contributed by atoms with Crippen LogP contribution >= 0.6 is 15.9 Å². The Hall–Kier alpha value is -2.08. The lowest BCUT2D eigenvalue weighted by molar-refractivity contribution is -0.132. The van der Waals surface area contributed by atoms with Gasteiger partial charge in [-0.3, -0.25) is 9.59 Å². The average molecular weight is 405 g/mol. The van der Waals surface area contributed by atoms with Gasteiger partial charge in [0.05, 0.1) is 0 Å². The van der Waals surface area contributed by atoms with E-state index < -0.39 is 5.54 Å². The summed E-state index contributed by atoms with van der Waals surface area (Å²) in [6.45, 7) is 5.16. The molecular formula is C19H21BrN2O3. The molecule has 1 aromatic carbocycles. The molecule has 132 valence electrons. The predicted octanol–water partition coefficient (Wildman–Crippen LogP) is 3.57. The smallest absolute Gasteiger partial charge is 0.287 e. The Bertz CT molecular complexity index is 774. The molecule has 25 heavy (non-hydrogen) atoms. The first-order valence-electron chi connectivity index (χ1n) is 8.31. The number of hydrogen-bond acceptors (Lipinski definition) is 3. The van der Waals surface area contributed by atoms with Crippen LogP contribution in [0.4, 0.5) is 0 Å². The maximum atomic E-state index is 12.8. The van der Waals surface area contributed by atoms with Crippen LogP contribution in [-0.4, -0.2) is 35.3 Å². The number of likely N-dealkylation sites (tertiary alicyclic amines) is 1. The molecule has 6 heteroatoms. The van der Waals surface area contributed by atoms with Crippen molar-refractivity contribution >= 4 is 27.7 Å². The van der Waals surface area contributed by atoms with E-state index in [1.807, 2.05) is 23.1 Å². The van der Waals surface area contributed by atoms with Gasteiger partial charge in [-0.15, -0.1) is 0 Å².